The molecule has 4 heteroatoms. The number of carbonyl (C=O) groups excluding carboxylic acids is 1. The summed E-state index contributed by atoms with van der Waals surface area (Å²) in [5.41, 5.74) is 0.622. The Balaban J connectivity index is 1.68. The predicted octanol–water partition coefficient (Wildman–Crippen LogP) is 2.36. The van der Waals surface area contributed by atoms with Gasteiger partial charge < -0.3 is 10.4 Å². The molecule has 0 bridgehead atoms. The number of fused-ring (bicyclic) bond motifs is 1. The van der Waals surface area contributed by atoms with Crippen molar-refractivity contribution < 1.29 is 14.7 Å². The molecule has 0 heterocycles. The van der Waals surface area contributed by atoms with Gasteiger partial charge >= 0.3 is 5.97 Å². The van der Waals surface area contributed by atoms with E-state index < -0.39 is 12.0 Å². The highest BCUT2D eigenvalue weighted by Gasteiger charge is 2.55. The number of amides is 1. The average molecular weight is 273 g/mol. The Hall–Kier alpha value is -1.84. The van der Waals surface area contributed by atoms with E-state index in [0.717, 1.165) is 12.8 Å². The fraction of sp³-hybridized carbons (Fsp3) is 0.500. The highest BCUT2D eigenvalue weighted by molar-refractivity contribution is 5.87. The van der Waals surface area contributed by atoms with Crippen LogP contribution in [0.3, 0.4) is 0 Å². The molecule has 1 aromatic rings. The van der Waals surface area contributed by atoms with Crippen LogP contribution in [0.15, 0.2) is 30.3 Å². The molecule has 2 saturated carbocycles. The fourth-order valence-corrected chi connectivity index (χ4v) is 3.55. The predicted molar refractivity (Wildman–Crippen MR) is 73.9 cm³/mol. The van der Waals surface area contributed by atoms with E-state index in [1.54, 1.807) is 24.3 Å². The highest BCUT2D eigenvalue weighted by Crippen LogP contribution is 2.55. The van der Waals surface area contributed by atoms with Crippen LogP contribution in [0, 0.1) is 17.8 Å². The van der Waals surface area contributed by atoms with Crippen LogP contribution in [0.5, 0.6) is 0 Å². The third-order valence-corrected chi connectivity index (χ3v) is 4.63. The minimum Gasteiger partial charge on any atom is -0.479 e. The van der Waals surface area contributed by atoms with Gasteiger partial charge in [-0.3, -0.25) is 4.79 Å². The van der Waals surface area contributed by atoms with E-state index in [0.29, 0.717) is 17.4 Å². The van der Waals surface area contributed by atoms with Crippen LogP contribution in [0.1, 0.15) is 37.3 Å². The van der Waals surface area contributed by atoms with Crippen molar-refractivity contribution in [1.82, 2.24) is 5.32 Å². The first-order chi connectivity index (χ1) is 9.68. The number of carboxylic acid groups (broad SMARTS) is 1. The molecule has 3 rings (SSSR count). The molecule has 2 N–H and O–H groups in total. The lowest BCUT2D eigenvalue weighted by Crippen LogP contribution is -2.35. The van der Waals surface area contributed by atoms with Gasteiger partial charge in [0.15, 0.2) is 6.04 Å². The summed E-state index contributed by atoms with van der Waals surface area (Å²) in [6.45, 7) is 0. The normalized spacial score (nSPS) is 29.1. The number of aliphatic carboxylic acids is 1. The molecule has 2 fully saturated rings. The number of carboxylic acids is 1. The number of hydrogen-bond donors (Lipinski definition) is 2. The third kappa shape index (κ3) is 2.42. The van der Waals surface area contributed by atoms with E-state index in [9.17, 15) is 14.7 Å². The molecule has 106 valence electrons. The van der Waals surface area contributed by atoms with Crippen molar-refractivity contribution in [2.24, 2.45) is 17.8 Å². The first kappa shape index (κ1) is 13.2. The molecule has 4 nitrogen and oxygen atoms in total. The summed E-state index contributed by atoms with van der Waals surface area (Å²) in [4.78, 5) is 23.7. The molecular weight excluding hydrogens is 254 g/mol. The molecule has 3 atom stereocenters. The number of carbonyl (C=O) groups is 2. The van der Waals surface area contributed by atoms with E-state index in [1.165, 1.54) is 12.8 Å². The Bertz CT molecular complexity index is 502. The van der Waals surface area contributed by atoms with Crippen LogP contribution in [0.2, 0.25) is 0 Å². The fourth-order valence-electron chi connectivity index (χ4n) is 3.55. The largest absolute Gasteiger partial charge is 0.479 e. The van der Waals surface area contributed by atoms with Gasteiger partial charge in [0.25, 0.3) is 0 Å². The van der Waals surface area contributed by atoms with Crippen LogP contribution >= 0.6 is 0 Å². The Kier molecular flexibility index (Phi) is 3.47. The number of nitrogens with one attached hydrogen (secondary N) is 1. The van der Waals surface area contributed by atoms with E-state index in [1.807, 2.05) is 6.07 Å². The Morgan fingerprint density at radius 1 is 1.10 bits per heavy atom. The zero-order valence-corrected chi connectivity index (χ0v) is 11.3. The maximum atomic E-state index is 12.3. The molecule has 0 aromatic heterocycles. The van der Waals surface area contributed by atoms with Gasteiger partial charge in [0.05, 0.1) is 0 Å². The Morgan fingerprint density at radius 2 is 1.70 bits per heavy atom. The molecule has 1 aromatic carbocycles. The molecular formula is C16H19NO3. The van der Waals surface area contributed by atoms with E-state index in [4.69, 9.17) is 0 Å². The second-order valence-corrected chi connectivity index (χ2v) is 5.83. The van der Waals surface area contributed by atoms with Gasteiger partial charge in [0.1, 0.15) is 0 Å². The van der Waals surface area contributed by atoms with Gasteiger partial charge in [-0.1, -0.05) is 43.2 Å². The van der Waals surface area contributed by atoms with Gasteiger partial charge in [-0.2, -0.15) is 0 Å². The summed E-state index contributed by atoms with van der Waals surface area (Å²) in [5.74, 6) is -0.0580. The van der Waals surface area contributed by atoms with Gasteiger partial charge in [0.2, 0.25) is 5.91 Å². The highest BCUT2D eigenvalue weighted by atomic mass is 16.4. The summed E-state index contributed by atoms with van der Waals surface area (Å²) >= 11 is 0. The van der Waals surface area contributed by atoms with Crippen molar-refractivity contribution in [3.63, 3.8) is 0 Å². The van der Waals surface area contributed by atoms with E-state index >= 15 is 0 Å². The topological polar surface area (TPSA) is 66.4 Å². The van der Waals surface area contributed by atoms with Crippen molar-refractivity contribution >= 4 is 11.9 Å². The van der Waals surface area contributed by atoms with Crippen LogP contribution in [0.4, 0.5) is 0 Å². The van der Waals surface area contributed by atoms with Gasteiger partial charge in [0, 0.05) is 5.92 Å². The van der Waals surface area contributed by atoms with Crippen molar-refractivity contribution in [3.8, 4) is 0 Å². The lowest BCUT2D eigenvalue weighted by Gasteiger charge is -2.15. The molecule has 2 unspecified atom stereocenters. The van der Waals surface area contributed by atoms with Crippen LogP contribution in [0.25, 0.3) is 0 Å². The van der Waals surface area contributed by atoms with Crippen molar-refractivity contribution in [3.05, 3.63) is 35.9 Å². The smallest absolute Gasteiger partial charge is 0.330 e. The summed E-state index contributed by atoms with van der Waals surface area (Å²) < 4.78 is 0. The van der Waals surface area contributed by atoms with Crippen LogP contribution in [-0.2, 0) is 9.59 Å². The summed E-state index contributed by atoms with van der Waals surface area (Å²) in [7, 11) is 0. The Morgan fingerprint density at radius 3 is 2.25 bits per heavy atom. The van der Waals surface area contributed by atoms with E-state index in [2.05, 4.69) is 5.32 Å². The molecule has 1 amide bonds. The third-order valence-electron chi connectivity index (χ3n) is 4.63. The quantitative estimate of drug-likeness (QED) is 0.885. The lowest BCUT2D eigenvalue weighted by molar-refractivity contribution is -0.142. The summed E-state index contributed by atoms with van der Waals surface area (Å²) in [6.07, 6.45) is 4.63. The zero-order chi connectivity index (χ0) is 14.1. The second kappa shape index (κ2) is 5.27. The minimum atomic E-state index is -1.01. The van der Waals surface area contributed by atoms with Gasteiger partial charge in [-0.25, -0.2) is 4.79 Å². The van der Waals surface area contributed by atoms with Crippen molar-refractivity contribution in [1.29, 1.82) is 0 Å². The molecule has 2 aliphatic rings. The monoisotopic (exact) mass is 273 g/mol. The first-order valence-electron chi connectivity index (χ1n) is 7.26. The summed E-state index contributed by atoms with van der Waals surface area (Å²) in [6, 6.07) is 7.94. The summed E-state index contributed by atoms with van der Waals surface area (Å²) in [5, 5.41) is 12.0. The second-order valence-electron chi connectivity index (χ2n) is 5.83. The molecule has 20 heavy (non-hydrogen) atoms. The molecule has 0 saturated heterocycles. The maximum Gasteiger partial charge on any atom is 0.330 e. The van der Waals surface area contributed by atoms with Gasteiger partial charge in [-0.05, 0) is 30.2 Å². The number of rotatable bonds is 4. The van der Waals surface area contributed by atoms with Crippen LogP contribution in [-0.4, -0.2) is 17.0 Å². The van der Waals surface area contributed by atoms with Crippen LogP contribution < -0.4 is 5.32 Å². The SMILES string of the molecule is O=C(N[C@H](C(=O)O)c1ccccc1)C1C2CCCCC21. The molecule has 0 spiro atoms. The Labute approximate surface area is 118 Å². The van der Waals surface area contributed by atoms with E-state index in [-0.39, 0.29) is 11.8 Å². The molecule has 0 radical (unpaired) electrons. The number of hydrogen-bond acceptors (Lipinski definition) is 2. The minimum absolute atomic E-state index is 0.0445. The standard InChI is InChI=1S/C16H19NO3/c18-15(13-11-8-4-5-9-12(11)13)17-14(16(19)20)10-6-2-1-3-7-10/h1-3,6-7,11-14H,4-5,8-9H2,(H,17,18)(H,19,20)/t11?,12?,13?,14-/m0/s1. The molecule has 0 aliphatic heterocycles. The average Bonchev–Trinajstić information content (AvgIpc) is 3.19. The van der Waals surface area contributed by atoms with Crippen molar-refractivity contribution in [2.45, 2.75) is 31.7 Å². The first-order valence-corrected chi connectivity index (χ1v) is 7.26. The number of benzene rings is 1. The maximum absolute atomic E-state index is 12.3. The lowest BCUT2D eigenvalue weighted by atomic mass is 10.0. The van der Waals surface area contributed by atoms with Gasteiger partial charge in [-0.15, -0.1) is 0 Å². The molecule has 2 aliphatic carbocycles. The van der Waals surface area contributed by atoms with Crippen molar-refractivity contribution in [2.75, 3.05) is 0 Å². The zero-order valence-electron chi connectivity index (χ0n) is 11.3.